The van der Waals surface area contributed by atoms with Crippen LogP contribution in [0.2, 0.25) is 19.6 Å². The van der Waals surface area contributed by atoms with Crippen LogP contribution >= 0.6 is 0 Å². The van der Waals surface area contributed by atoms with E-state index in [9.17, 15) is 0 Å². The van der Waals surface area contributed by atoms with E-state index in [1.54, 1.807) is 10.8 Å². The van der Waals surface area contributed by atoms with E-state index in [2.05, 4.69) is 179 Å². The van der Waals surface area contributed by atoms with Gasteiger partial charge in [0.05, 0.1) is 36.2 Å². The van der Waals surface area contributed by atoms with Gasteiger partial charge in [0.2, 0.25) is 5.71 Å². The van der Waals surface area contributed by atoms with Gasteiger partial charge in [-0.3, -0.25) is 4.98 Å². The predicted octanol–water partition coefficient (Wildman–Crippen LogP) is 15.6. The summed E-state index contributed by atoms with van der Waals surface area (Å²) in [6.45, 7) is 16.2. The number of imidazole rings is 1. The van der Waals surface area contributed by atoms with Crippen molar-refractivity contribution < 1.29 is 24.5 Å². The second kappa shape index (κ2) is 18.9. The molecule has 66 heavy (non-hydrogen) atoms. The molecule has 1 saturated carbocycles. The molecule has 0 aliphatic heterocycles. The Hall–Kier alpha value is -5.72. The summed E-state index contributed by atoms with van der Waals surface area (Å²) in [7, 11) is -1.36. The van der Waals surface area contributed by atoms with E-state index in [-0.39, 0.29) is 26.0 Å². The van der Waals surface area contributed by atoms with E-state index in [1.807, 2.05) is 18.2 Å². The number of para-hydroxylation sites is 2. The van der Waals surface area contributed by atoms with E-state index >= 15 is 0 Å². The topological polar surface area (TPSA) is 56.7 Å². The van der Waals surface area contributed by atoms with Crippen molar-refractivity contribution in [3.63, 3.8) is 0 Å². The summed E-state index contributed by atoms with van der Waals surface area (Å²) >= 11 is 0. The van der Waals surface area contributed by atoms with Crippen molar-refractivity contribution >= 4 is 67.9 Å². The van der Waals surface area contributed by atoms with Crippen molar-refractivity contribution in [3.05, 3.63) is 163 Å². The van der Waals surface area contributed by atoms with Gasteiger partial charge in [-0.1, -0.05) is 157 Å². The third kappa shape index (κ3) is 8.70. The van der Waals surface area contributed by atoms with Crippen molar-refractivity contribution in [2.75, 3.05) is 0 Å². The van der Waals surface area contributed by atoms with Crippen molar-refractivity contribution in [1.82, 2.24) is 19.5 Å². The number of benzene rings is 6. The average molecular weight is 1060 g/mol. The van der Waals surface area contributed by atoms with Crippen molar-refractivity contribution in [1.29, 1.82) is 0 Å². The van der Waals surface area contributed by atoms with Crippen LogP contribution in [0.4, 0.5) is 0 Å². The fraction of sp³-hybridized carbons (Fsp3) is 0.271. The Balaban J connectivity index is 0.000000194. The minimum Gasteiger partial charge on any atom is -0.486 e. The van der Waals surface area contributed by atoms with E-state index in [4.69, 9.17) is 19.4 Å². The molecule has 5 nitrogen and oxygen atoms in total. The van der Waals surface area contributed by atoms with Gasteiger partial charge >= 0.3 is 0 Å². The first-order valence-corrected chi connectivity index (χ1v) is 27.2. The van der Waals surface area contributed by atoms with Crippen LogP contribution in [0.1, 0.15) is 88.5 Å². The van der Waals surface area contributed by atoms with Crippen molar-refractivity contribution in [2.45, 2.75) is 97.7 Å². The normalized spacial score (nSPS) is 13.5. The minimum atomic E-state index is -1.36. The molecule has 11 rings (SSSR count). The van der Waals surface area contributed by atoms with Gasteiger partial charge in [-0.2, -0.15) is 0 Å². The van der Waals surface area contributed by atoms with E-state index in [0.29, 0.717) is 11.6 Å². The molecular formula is C59H58IrN4OSi-2. The molecule has 0 unspecified atom stereocenters. The molecule has 0 bridgehead atoms. The molecular weight excluding hydrogens is 1000 g/mol. The molecule has 0 N–H and O–H groups in total. The maximum atomic E-state index is 6.19. The molecule has 1 aliphatic rings. The summed E-state index contributed by atoms with van der Waals surface area (Å²) in [5.41, 5.74) is 11.7. The third-order valence-corrected chi connectivity index (χ3v) is 15.5. The van der Waals surface area contributed by atoms with Crippen LogP contribution in [0.25, 0.3) is 83.0 Å². The summed E-state index contributed by atoms with van der Waals surface area (Å²) in [6.07, 6.45) is 10.5. The van der Waals surface area contributed by atoms with Crippen LogP contribution in [0.5, 0.6) is 0 Å². The number of rotatable bonds is 8. The zero-order valence-corrected chi connectivity index (χ0v) is 42.6. The van der Waals surface area contributed by atoms with Gasteiger partial charge in [0.1, 0.15) is 0 Å². The first-order valence-electron chi connectivity index (χ1n) is 23.7. The van der Waals surface area contributed by atoms with Gasteiger partial charge in [0.25, 0.3) is 0 Å². The van der Waals surface area contributed by atoms with Crippen LogP contribution in [0.3, 0.4) is 0 Å². The fourth-order valence-electron chi connectivity index (χ4n) is 10.2. The van der Waals surface area contributed by atoms with Crippen molar-refractivity contribution in [3.8, 4) is 28.3 Å². The zero-order valence-electron chi connectivity index (χ0n) is 39.2. The van der Waals surface area contributed by atoms with Gasteiger partial charge in [0, 0.05) is 42.8 Å². The van der Waals surface area contributed by atoms with E-state index in [1.165, 1.54) is 71.3 Å². The molecule has 0 atom stereocenters. The summed E-state index contributed by atoms with van der Waals surface area (Å²) in [5, 5.41) is 8.57. The number of aromatic nitrogens is 4. The largest absolute Gasteiger partial charge is 0.486 e. The Morgan fingerprint density at radius 3 is 2.09 bits per heavy atom. The van der Waals surface area contributed by atoms with Gasteiger partial charge < -0.3 is 14.0 Å². The third-order valence-electron chi connectivity index (χ3n) is 13.4. The molecule has 1 aliphatic carbocycles. The number of furan rings is 1. The molecule has 4 heterocycles. The maximum absolute atomic E-state index is 6.19. The number of hydrogen-bond donors (Lipinski definition) is 0. The van der Waals surface area contributed by atoms with E-state index < -0.39 is 8.07 Å². The molecule has 0 amide bonds. The Labute approximate surface area is 404 Å². The number of nitrogens with zero attached hydrogens (tertiary/aromatic N) is 4. The number of fused-ring (bicyclic) bond motifs is 7. The van der Waals surface area contributed by atoms with Crippen LogP contribution in [-0.4, -0.2) is 27.6 Å². The molecule has 1 radical (unpaired) electrons. The quantitative estimate of drug-likeness (QED) is 0.0864. The van der Waals surface area contributed by atoms with Crippen LogP contribution in [0.15, 0.2) is 138 Å². The molecule has 0 saturated heterocycles. The Morgan fingerprint density at radius 1 is 0.682 bits per heavy atom. The van der Waals surface area contributed by atoms with Crippen LogP contribution in [0, 0.1) is 18.1 Å². The maximum Gasteiger partial charge on any atom is 0.216 e. The first kappa shape index (κ1) is 45.4. The second-order valence-corrected chi connectivity index (χ2v) is 24.7. The molecule has 10 aromatic rings. The summed E-state index contributed by atoms with van der Waals surface area (Å²) < 4.78 is 8.55. The summed E-state index contributed by atoms with van der Waals surface area (Å²) in [4.78, 5) is 14.8. The Morgan fingerprint density at radius 2 is 1.38 bits per heavy atom. The molecule has 4 aromatic heterocycles. The predicted molar refractivity (Wildman–Crippen MR) is 275 cm³/mol. The van der Waals surface area contributed by atoms with Crippen LogP contribution < -0.4 is 5.19 Å². The number of hydrogen-bond acceptors (Lipinski definition) is 4. The van der Waals surface area contributed by atoms with Crippen LogP contribution in [-0.2, 0) is 26.5 Å². The van der Waals surface area contributed by atoms with Gasteiger partial charge in [-0.05, 0) is 81.0 Å². The Kier molecular flexibility index (Phi) is 13.0. The first-order chi connectivity index (χ1) is 31.5. The number of pyridine rings is 2. The molecule has 7 heteroatoms. The van der Waals surface area contributed by atoms with Gasteiger partial charge in [0.15, 0.2) is 0 Å². The second-order valence-electron chi connectivity index (χ2n) is 19.7. The minimum absolute atomic E-state index is 0. The average Bonchev–Trinajstić information content (AvgIpc) is 3.89. The molecule has 1 fully saturated rings. The van der Waals surface area contributed by atoms with Gasteiger partial charge in [-0.15, -0.1) is 59.7 Å². The standard InChI is InChI=1S/C38H30N3O.C21H28NSi.Ir/c1-22(2)31-19-18-29-30-21-24(17-20-34(30)42-38(29)40-31)37-39-32-15-9-10-16-33(32)41(37)36-28-14-8-6-12-26(28)25-11-5-7-13-27(25)35(36)23(3)4;1-23(2,3)21-16-22-20(18-12-8-5-9-13-18)15-19(21)14-17-10-6-4-7-11-17;/h5-16,18-23H,1-4H3;5,8-9,12,15-17H,4,6-7,10-11,14H2,1-3H3;/q2*-1;. The van der Waals surface area contributed by atoms with Crippen molar-refractivity contribution in [2.24, 2.45) is 5.92 Å². The van der Waals surface area contributed by atoms with Gasteiger partial charge in [-0.25, -0.2) is 4.98 Å². The monoisotopic (exact) mass is 1060 g/mol. The Bertz CT molecular complexity index is 3340. The molecule has 6 aromatic carbocycles. The molecule has 335 valence electrons. The van der Waals surface area contributed by atoms with E-state index in [0.717, 1.165) is 61.6 Å². The zero-order chi connectivity index (χ0) is 44.8. The summed E-state index contributed by atoms with van der Waals surface area (Å²) in [5.74, 6) is 2.35. The SMILES string of the molecule is CC(C)c1ccc2c(n1)oc1c[c-]c(-c3nc4ccccc4n3-c3c(C(C)C)c4ccccc4c4ccccc34)cc12.C[Si](C)(C)c1cnc(-c2[c-]cccc2)cc1CC1CCCCC1.[Ir]. The summed E-state index contributed by atoms with van der Waals surface area (Å²) in [6, 6.07) is 51.6. The fourth-order valence-corrected chi connectivity index (χ4v) is 11.8. The smallest absolute Gasteiger partial charge is 0.216 e. The molecule has 0 spiro atoms.